The Kier molecular flexibility index (Phi) is 4.73. The molecule has 1 aromatic carbocycles. The van der Waals surface area contributed by atoms with E-state index in [0.717, 1.165) is 18.7 Å². The molecule has 0 spiro atoms. The van der Waals surface area contributed by atoms with E-state index in [4.69, 9.17) is 0 Å². The lowest BCUT2D eigenvalue weighted by molar-refractivity contribution is 0.0527. The molecule has 1 fully saturated rings. The summed E-state index contributed by atoms with van der Waals surface area (Å²) in [6.45, 7) is 3.50. The van der Waals surface area contributed by atoms with Crippen molar-refractivity contribution in [1.29, 1.82) is 0 Å². The first-order chi connectivity index (χ1) is 11.1. The van der Waals surface area contributed by atoms with Crippen LogP contribution in [0.15, 0.2) is 42.7 Å². The number of amides is 1. The van der Waals surface area contributed by atoms with Gasteiger partial charge >= 0.3 is 0 Å². The minimum Gasteiger partial charge on any atom is -0.387 e. The van der Waals surface area contributed by atoms with E-state index in [1.54, 1.807) is 24.1 Å². The van der Waals surface area contributed by atoms with Gasteiger partial charge in [-0.05, 0) is 5.56 Å². The highest BCUT2D eigenvalue weighted by molar-refractivity contribution is 5.93. The highest BCUT2D eigenvalue weighted by Crippen LogP contribution is 2.15. The Morgan fingerprint density at radius 2 is 1.91 bits per heavy atom. The van der Waals surface area contributed by atoms with Crippen LogP contribution in [0.3, 0.4) is 0 Å². The summed E-state index contributed by atoms with van der Waals surface area (Å²) in [5.41, 5.74) is 1.56. The molecule has 1 unspecified atom stereocenters. The SMILES string of the molecule is Cn1cc(C(=O)N2CCN(CC(O)c3ccccc3)CC2)cn1. The zero-order valence-electron chi connectivity index (χ0n) is 13.3. The van der Waals surface area contributed by atoms with Gasteiger partial charge in [-0.3, -0.25) is 14.4 Å². The number of nitrogens with zero attached hydrogens (tertiary/aromatic N) is 4. The topological polar surface area (TPSA) is 61.6 Å². The van der Waals surface area contributed by atoms with Crippen molar-refractivity contribution in [1.82, 2.24) is 19.6 Å². The number of aliphatic hydroxyl groups excluding tert-OH is 1. The predicted octanol–water partition coefficient (Wildman–Crippen LogP) is 0.911. The third-order valence-electron chi connectivity index (χ3n) is 4.23. The molecule has 6 nitrogen and oxygen atoms in total. The maximum Gasteiger partial charge on any atom is 0.257 e. The molecule has 1 amide bonds. The van der Waals surface area contributed by atoms with Gasteiger partial charge in [0.15, 0.2) is 0 Å². The number of carbonyl (C=O) groups is 1. The fraction of sp³-hybridized carbons (Fsp3) is 0.412. The molecule has 0 aliphatic carbocycles. The molecule has 1 N–H and O–H groups in total. The number of rotatable bonds is 4. The highest BCUT2D eigenvalue weighted by atomic mass is 16.3. The van der Waals surface area contributed by atoms with Crippen molar-refractivity contribution in [2.75, 3.05) is 32.7 Å². The number of benzene rings is 1. The van der Waals surface area contributed by atoms with Gasteiger partial charge in [-0.25, -0.2) is 0 Å². The Hall–Kier alpha value is -2.18. The zero-order valence-corrected chi connectivity index (χ0v) is 13.3. The minimum absolute atomic E-state index is 0.0290. The van der Waals surface area contributed by atoms with E-state index >= 15 is 0 Å². The largest absolute Gasteiger partial charge is 0.387 e. The molecule has 23 heavy (non-hydrogen) atoms. The Balaban J connectivity index is 1.51. The van der Waals surface area contributed by atoms with E-state index in [-0.39, 0.29) is 5.91 Å². The lowest BCUT2D eigenvalue weighted by atomic mass is 10.1. The maximum atomic E-state index is 12.4. The fourth-order valence-corrected chi connectivity index (χ4v) is 2.87. The fourth-order valence-electron chi connectivity index (χ4n) is 2.87. The molecule has 1 aliphatic rings. The van der Waals surface area contributed by atoms with Crippen LogP contribution in [0, 0.1) is 0 Å². The zero-order chi connectivity index (χ0) is 16.2. The molecule has 3 rings (SSSR count). The molecule has 122 valence electrons. The van der Waals surface area contributed by atoms with Crippen LogP contribution in [0.1, 0.15) is 22.0 Å². The van der Waals surface area contributed by atoms with E-state index in [2.05, 4.69) is 10.00 Å². The van der Waals surface area contributed by atoms with Gasteiger partial charge in [0.2, 0.25) is 0 Å². The van der Waals surface area contributed by atoms with Gasteiger partial charge in [0.05, 0.1) is 17.9 Å². The van der Waals surface area contributed by atoms with Crippen molar-refractivity contribution in [3.8, 4) is 0 Å². The summed E-state index contributed by atoms with van der Waals surface area (Å²) in [6, 6.07) is 9.69. The lowest BCUT2D eigenvalue weighted by Crippen LogP contribution is -2.49. The van der Waals surface area contributed by atoms with Crippen LogP contribution in [0.2, 0.25) is 0 Å². The molecule has 6 heteroatoms. The average molecular weight is 314 g/mol. The summed E-state index contributed by atoms with van der Waals surface area (Å²) >= 11 is 0. The number of aryl methyl sites for hydroxylation is 1. The standard InChI is InChI=1S/C17H22N4O2/c1-19-12-15(11-18-19)17(23)21-9-7-20(8-10-21)13-16(22)14-5-3-2-4-6-14/h2-6,11-12,16,22H,7-10,13H2,1H3. The van der Waals surface area contributed by atoms with Crippen molar-refractivity contribution >= 4 is 5.91 Å². The van der Waals surface area contributed by atoms with E-state index < -0.39 is 6.10 Å². The second kappa shape index (κ2) is 6.93. The average Bonchev–Trinajstić information content (AvgIpc) is 3.02. The summed E-state index contributed by atoms with van der Waals surface area (Å²) < 4.78 is 1.64. The molecule has 0 saturated carbocycles. The summed E-state index contributed by atoms with van der Waals surface area (Å²) in [5.74, 6) is 0.0290. The highest BCUT2D eigenvalue weighted by Gasteiger charge is 2.24. The smallest absolute Gasteiger partial charge is 0.257 e. The first-order valence-electron chi connectivity index (χ1n) is 7.87. The van der Waals surface area contributed by atoms with E-state index in [0.29, 0.717) is 25.2 Å². The van der Waals surface area contributed by atoms with E-state index in [1.807, 2.05) is 35.2 Å². The van der Waals surface area contributed by atoms with Gasteiger partial charge in [-0.1, -0.05) is 30.3 Å². The van der Waals surface area contributed by atoms with Crippen LogP contribution >= 0.6 is 0 Å². The number of piperazine rings is 1. The number of hydrogen-bond acceptors (Lipinski definition) is 4. The van der Waals surface area contributed by atoms with Crippen LogP contribution < -0.4 is 0 Å². The molecule has 1 atom stereocenters. The monoisotopic (exact) mass is 314 g/mol. The lowest BCUT2D eigenvalue weighted by Gasteiger charge is -2.35. The molecular weight excluding hydrogens is 292 g/mol. The van der Waals surface area contributed by atoms with Gasteiger partial charge in [0.1, 0.15) is 0 Å². The van der Waals surface area contributed by atoms with Crippen LogP contribution in [0.25, 0.3) is 0 Å². The number of aliphatic hydroxyl groups is 1. The van der Waals surface area contributed by atoms with Gasteiger partial charge in [-0.2, -0.15) is 5.10 Å². The molecule has 1 saturated heterocycles. The van der Waals surface area contributed by atoms with Crippen molar-refractivity contribution in [3.05, 3.63) is 53.9 Å². The van der Waals surface area contributed by atoms with Crippen molar-refractivity contribution in [2.24, 2.45) is 7.05 Å². The van der Waals surface area contributed by atoms with Gasteiger partial charge in [-0.15, -0.1) is 0 Å². The summed E-state index contributed by atoms with van der Waals surface area (Å²) in [5, 5.41) is 14.3. The third-order valence-corrected chi connectivity index (χ3v) is 4.23. The minimum atomic E-state index is -0.489. The molecule has 2 aromatic rings. The molecule has 0 bridgehead atoms. The van der Waals surface area contributed by atoms with Crippen molar-refractivity contribution in [2.45, 2.75) is 6.10 Å². The first kappa shape index (κ1) is 15.7. The Morgan fingerprint density at radius 1 is 1.22 bits per heavy atom. The summed E-state index contributed by atoms with van der Waals surface area (Å²) in [4.78, 5) is 16.4. The number of carbonyl (C=O) groups excluding carboxylic acids is 1. The molecular formula is C17H22N4O2. The number of β-amino-alcohol motifs (C(OH)–C–C–N with tert-alkyl or cyclic N) is 1. The van der Waals surface area contributed by atoms with Crippen molar-refractivity contribution < 1.29 is 9.90 Å². The molecule has 1 aromatic heterocycles. The second-order valence-corrected chi connectivity index (χ2v) is 5.92. The third kappa shape index (κ3) is 3.78. The first-order valence-corrected chi connectivity index (χ1v) is 7.87. The molecule has 1 aliphatic heterocycles. The Morgan fingerprint density at radius 3 is 2.52 bits per heavy atom. The number of hydrogen-bond donors (Lipinski definition) is 1. The summed E-state index contributed by atoms with van der Waals surface area (Å²) in [6.07, 6.45) is 2.86. The Labute approximate surface area is 135 Å². The van der Waals surface area contributed by atoms with Crippen LogP contribution in [0.5, 0.6) is 0 Å². The van der Waals surface area contributed by atoms with E-state index in [9.17, 15) is 9.90 Å². The van der Waals surface area contributed by atoms with Crippen LogP contribution in [0.4, 0.5) is 0 Å². The quantitative estimate of drug-likeness (QED) is 0.911. The summed E-state index contributed by atoms with van der Waals surface area (Å²) in [7, 11) is 1.81. The van der Waals surface area contributed by atoms with Gasteiger partial charge in [0.25, 0.3) is 5.91 Å². The normalized spacial score (nSPS) is 17.2. The van der Waals surface area contributed by atoms with Crippen molar-refractivity contribution in [3.63, 3.8) is 0 Å². The van der Waals surface area contributed by atoms with Gasteiger partial charge < -0.3 is 10.0 Å². The van der Waals surface area contributed by atoms with Gasteiger partial charge in [0, 0.05) is 46.0 Å². The molecule has 2 heterocycles. The second-order valence-electron chi connectivity index (χ2n) is 5.92. The number of aromatic nitrogens is 2. The van der Waals surface area contributed by atoms with Crippen LogP contribution in [-0.2, 0) is 7.05 Å². The predicted molar refractivity (Wildman–Crippen MR) is 87.0 cm³/mol. The molecule has 0 radical (unpaired) electrons. The van der Waals surface area contributed by atoms with E-state index in [1.165, 1.54) is 0 Å². The van der Waals surface area contributed by atoms with Crippen LogP contribution in [-0.4, -0.2) is 63.3 Å². The Bertz CT molecular complexity index is 648. The maximum absolute atomic E-state index is 12.4.